The molecule has 1 heterocycles. The van der Waals surface area contributed by atoms with Crippen LogP contribution in [0.5, 0.6) is 0 Å². The molecule has 0 spiro atoms. The van der Waals surface area contributed by atoms with Crippen LogP contribution in [0.2, 0.25) is 0 Å². The number of aromatic nitrogens is 1. The van der Waals surface area contributed by atoms with E-state index in [2.05, 4.69) is 48.5 Å². The average molecular weight is 427 g/mol. The summed E-state index contributed by atoms with van der Waals surface area (Å²) in [6.07, 6.45) is 0. The molecule has 0 atom stereocenters. The van der Waals surface area contributed by atoms with Gasteiger partial charge in [-0.15, -0.1) is 0 Å². The Kier molecular flexibility index (Phi) is 5.86. The number of nitrogens with zero attached hydrogens (tertiary/aromatic N) is 1. The SMILES string of the molecule is OB(O)c1cccc(-c2cccc(-c3cc(-c4ccccc4)cc(-c4ccccc4)n3)c2)c1. The molecule has 0 fully saturated rings. The Balaban J connectivity index is 1.63. The third kappa shape index (κ3) is 4.63. The van der Waals surface area contributed by atoms with E-state index in [0.717, 1.165) is 44.8 Å². The second kappa shape index (κ2) is 9.25. The van der Waals surface area contributed by atoms with Crippen LogP contribution in [-0.4, -0.2) is 22.2 Å². The van der Waals surface area contributed by atoms with Crippen LogP contribution in [0.15, 0.2) is 121 Å². The van der Waals surface area contributed by atoms with E-state index in [1.807, 2.05) is 60.7 Å². The predicted octanol–water partition coefficient (Wildman–Crippen LogP) is 5.43. The van der Waals surface area contributed by atoms with E-state index in [1.54, 1.807) is 12.1 Å². The number of benzene rings is 4. The molecule has 5 aromatic rings. The molecule has 0 aliphatic carbocycles. The van der Waals surface area contributed by atoms with Gasteiger partial charge in [-0.1, -0.05) is 103 Å². The van der Waals surface area contributed by atoms with Crippen LogP contribution >= 0.6 is 0 Å². The Labute approximate surface area is 193 Å². The second-order valence-corrected chi connectivity index (χ2v) is 7.94. The van der Waals surface area contributed by atoms with Gasteiger partial charge in [0.2, 0.25) is 0 Å². The minimum atomic E-state index is -1.49. The van der Waals surface area contributed by atoms with Crippen molar-refractivity contribution in [1.82, 2.24) is 4.98 Å². The van der Waals surface area contributed by atoms with Crippen LogP contribution in [0, 0.1) is 0 Å². The molecule has 4 heteroatoms. The molecule has 0 saturated carbocycles. The van der Waals surface area contributed by atoms with Crippen LogP contribution in [0.1, 0.15) is 0 Å². The van der Waals surface area contributed by atoms with E-state index in [1.165, 1.54) is 0 Å². The van der Waals surface area contributed by atoms with Crippen LogP contribution in [0.3, 0.4) is 0 Å². The van der Waals surface area contributed by atoms with Gasteiger partial charge < -0.3 is 10.0 Å². The van der Waals surface area contributed by atoms with Crippen LogP contribution in [-0.2, 0) is 0 Å². The maximum absolute atomic E-state index is 9.55. The fourth-order valence-electron chi connectivity index (χ4n) is 3.97. The molecule has 33 heavy (non-hydrogen) atoms. The monoisotopic (exact) mass is 427 g/mol. The smallest absolute Gasteiger partial charge is 0.423 e. The third-order valence-electron chi connectivity index (χ3n) is 5.68. The lowest BCUT2D eigenvalue weighted by atomic mass is 9.79. The summed E-state index contributed by atoms with van der Waals surface area (Å²) in [4.78, 5) is 5.00. The van der Waals surface area contributed by atoms with Crippen molar-refractivity contribution in [3.63, 3.8) is 0 Å². The van der Waals surface area contributed by atoms with E-state index in [4.69, 9.17) is 4.98 Å². The van der Waals surface area contributed by atoms with E-state index in [0.29, 0.717) is 5.46 Å². The van der Waals surface area contributed by atoms with Crippen LogP contribution in [0.4, 0.5) is 0 Å². The number of rotatable bonds is 5. The number of pyridine rings is 1. The first-order chi connectivity index (χ1) is 16.2. The zero-order valence-electron chi connectivity index (χ0n) is 18.0. The average Bonchev–Trinajstić information content (AvgIpc) is 2.89. The maximum atomic E-state index is 9.55. The molecule has 0 amide bonds. The highest BCUT2D eigenvalue weighted by molar-refractivity contribution is 6.58. The zero-order valence-corrected chi connectivity index (χ0v) is 18.0. The Morgan fingerprint density at radius 2 is 0.939 bits per heavy atom. The van der Waals surface area contributed by atoms with Crippen molar-refractivity contribution >= 4 is 12.6 Å². The van der Waals surface area contributed by atoms with Crippen molar-refractivity contribution < 1.29 is 10.0 Å². The quantitative estimate of drug-likeness (QED) is 0.368. The molecule has 158 valence electrons. The van der Waals surface area contributed by atoms with Gasteiger partial charge in [0.1, 0.15) is 0 Å². The Morgan fingerprint density at radius 1 is 0.424 bits per heavy atom. The highest BCUT2D eigenvalue weighted by Crippen LogP contribution is 2.31. The van der Waals surface area contributed by atoms with Crippen LogP contribution in [0.25, 0.3) is 44.8 Å². The van der Waals surface area contributed by atoms with Crippen LogP contribution < -0.4 is 5.46 Å². The summed E-state index contributed by atoms with van der Waals surface area (Å²) in [6.45, 7) is 0. The van der Waals surface area contributed by atoms with Gasteiger partial charge in [-0.25, -0.2) is 4.98 Å². The van der Waals surface area contributed by atoms with E-state index in [9.17, 15) is 10.0 Å². The first-order valence-corrected chi connectivity index (χ1v) is 10.9. The van der Waals surface area contributed by atoms with Gasteiger partial charge in [-0.05, 0) is 45.9 Å². The van der Waals surface area contributed by atoms with E-state index < -0.39 is 7.12 Å². The summed E-state index contributed by atoms with van der Waals surface area (Å²) in [6, 6.07) is 40.2. The molecule has 3 nitrogen and oxygen atoms in total. The molecule has 0 bridgehead atoms. The summed E-state index contributed by atoms with van der Waals surface area (Å²) >= 11 is 0. The van der Waals surface area contributed by atoms with Gasteiger partial charge in [-0.3, -0.25) is 0 Å². The largest absolute Gasteiger partial charge is 0.488 e. The van der Waals surface area contributed by atoms with Gasteiger partial charge in [0, 0.05) is 11.1 Å². The molecule has 0 radical (unpaired) electrons. The molecule has 4 aromatic carbocycles. The highest BCUT2D eigenvalue weighted by Gasteiger charge is 2.13. The Hall–Kier alpha value is -3.99. The molecule has 0 aliphatic rings. The summed E-state index contributed by atoms with van der Waals surface area (Å²) in [5.74, 6) is 0. The van der Waals surface area contributed by atoms with Crippen molar-refractivity contribution in [2.24, 2.45) is 0 Å². The summed E-state index contributed by atoms with van der Waals surface area (Å²) in [5, 5.41) is 19.1. The van der Waals surface area contributed by atoms with Gasteiger partial charge in [0.25, 0.3) is 0 Å². The van der Waals surface area contributed by atoms with Gasteiger partial charge in [-0.2, -0.15) is 0 Å². The summed E-state index contributed by atoms with van der Waals surface area (Å²) < 4.78 is 0. The molecule has 5 rings (SSSR count). The molecule has 2 N–H and O–H groups in total. The fraction of sp³-hybridized carbons (Fsp3) is 0. The summed E-state index contributed by atoms with van der Waals surface area (Å²) in [5.41, 5.74) is 8.49. The topological polar surface area (TPSA) is 53.4 Å². The minimum absolute atomic E-state index is 0.466. The Morgan fingerprint density at radius 3 is 1.61 bits per heavy atom. The predicted molar refractivity (Wildman–Crippen MR) is 136 cm³/mol. The van der Waals surface area contributed by atoms with Crippen molar-refractivity contribution in [2.45, 2.75) is 0 Å². The highest BCUT2D eigenvalue weighted by atomic mass is 16.4. The molecule has 0 unspecified atom stereocenters. The third-order valence-corrected chi connectivity index (χ3v) is 5.68. The van der Waals surface area contributed by atoms with Crippen molar-refractivity contribution in [3.05, 3.63) is 121 Å². The lowest BCUT2D eigenvalue weighted by Crippen LogP contribution is -2.29. The van der Waals surface area contributed by atoms with E-state index >= 15 is 0 Å². The number of hydrogen-bond donors (Lipinski definition) is 2. The molecule has 0 saturated heterocycles. The normalized spacial score (nSPS) is 10.7. The van der Waals surface area contributed by atoms with Crippen molar-refractivity contribution in [3.8, 4) is 44.8 Å². The standard InChI is InChI=1S/C29H22BNO2/c32-30(33)27-16-8-14-24(18-27)23-13-7-15-25(17-23)29-20-26(21-9-3-1-4-10-21)19-28(31-29)22-11-5-2-6-12-22/h1-20,32-33H. The molecular formula is C29H22BNO2. The summed E-state index contributed by atoms with van der Waals surface area (Å²) in [7, 11) is -1.49. The van der Waals surface area contributed by atoms with E-state index in [-0.39, 0.29) is 0 Å². The zero-order chi connectivity index (χ0) is 22.6. The van der Waals surface area contributed by atoms with Gasteiger partial charge in [0.15, 0.2) is 0 Å². The fourth-order valence-corrected chi connectivity index (χ4v) is 3.97. The molecule has 0 aliphatic heterocycles. The molecule has 1 aromatic heterocycles. The molecular weight excluding hydrogens is 405 g/mol. The lowest BCUT2D eigenvalue weighted by Gasteiger charge is -2.12. The second-order valence-electron chi connectivity index (χ2n) is 7.94. The maximum Gasteiger partial charge on any atom is 0.488 e. The van der Waals surface area contributed by atoms with Gasteiger partial charge >= 0.3 is 7.12 Å². The first-order valence-electron chi connectivity index (χ1n) is 10.9. The van der Waals surface area contributed by atoms with Crippen molar-refractivity contribution in [2.75, 3.05) is 0 Å². The minimum Gasteiger partial charge on any atom is -0.423 e. The van der Waals surface area contributed by atoms with Gasteiger partial charge in [0.05, 0.1) is 11.4 Å². The first kappa shape index (κ1) is 20.9. The Bertz CT molecular complexity index is 1330. The van der Waals surface area contributed by atoms with Crippen molar-refractivity contribution in [1.29, 1.82) is 0 Å². The number of hydrogen-bond acceptors (Lipinski definition) is 3. The lowest BCUT2D eigenvalue weighted by molar-refractivity contribution is 0.426.